The standard InChI is InChI=1S/C25H22/c1-5-13-19(7-3)25(20(8-4)14-6-2)23-17-11-9-15-21(23)22-16-10-12-18-24(22)25/h5-18H,1-4H2/b19-13+,20-14+. The Balaban J connectivity index is 2.55. The number of rotatable bonds is 6. The van der Waals surface area contributed by atoms with E-state index in [2.05, 4.69) is 74.8 Å². The zero-order valence-electron chi connectivity index (χ0n) is 14.4. The highest BCUT2D eigenvalue weighted by atomic mass is 14.5. The summed E-state index contributed by atoms with van der Waals surface area (Å²) in [6.45, 7) is 16.0. The molecule has 0 aliphatic heterocycles. The van der Waals surface area contributed by atoms with Crippen molar-refractivity contribution >= 4 is 0 Å². The molecule has 0 fully saturated rings. The molecule has 122 valence electrons. The number of allylic oxidation sites excluding steroid dienone is 8. The van der Waals surface area contributed by atoms with Crippen molar-refractivity contribution in [2.45, 2.75) is 5.41 Å². The Bertz CT molecular complexity index is 841. The lowest BCUT2D eigenvalue weighted by Gasteiger charge is -2.35. The van der Waals surface area contributed by atoms with Gasteiger partial charge in [-0.3, -0.25) is 0 Å². The third-order valence-corrected chi connectivity index (χ3v) is 4.85. The Morgan fingerprint density at radius 2 is 1.04 bits per heavy atom. The predicted molar refractivity (Wildman–Crippen MR) is 110 cm³/mol. The highest BCUT2D eigenvalue weighted by Crippen LogP contribution is 2.56. The van der Waals surface area contributed by atoms with Gasteiger partial charge in [-0.1, -0.05) is 111 Å². The molecule has 0 nitrogen and oxygen atoms in total. The van der Waals surface area contributed by atoms with Crippen molar-refractivity contribution in [1.29, 1.82) is 0 Å². The molecule has 1 aliphatic carbocycles. The Morgan fingerprint density at radius 1 is 0.640 bits per heavy atom. The van der Waals surface area contributed by atoms with Crippen LogP contribution >= 0.6 is 0 Å². The first kappa shape index (κ1) is 16.7. The van der Waals surface area contributed by atoms with Crippen molar-refractivity contribution in [1.82, 2.24) is 0 Å². The summed E-state index contributed by atoms with van der Waals surface area (Å²) in [7, 11) is 0. The first-order valence-electron chi connectivity index (χ1n) is 8.36. The van der Waals surface area contributed by atoms with Crippen LogP contribution in [0.5, 0.6) is 0 Å². The smallest absolute Gasteiger partial charge is 0.0713 e. The van der Waals surface area contributed by atoms with Gasteiger partial charge >= 0.3 is 0 Å². The molecule has 0 atom stereocenters. The summed E-state index contributed by atoms with van der Waals surface area (Å²) in [4.78, 5) is 0. The monoisotopic (exact) mass is 322 g/mol. The molecule has 0 spiro atoms. The minimum atomic E-state index is -0.459. The van der Waals surface area contributed by atoms with Crippen molar-refractivity contribution in [2.75, 3.05) is 0 Å². The van der Waals surface area contributed by atoms with Crippen LogP contribution in [-0.4, -0.2) is 0 Å². The van der Waals surface area contributed by atoms with E-state index in [1.165, 1.54) is 22.3 Å². The summed E-state index contributed by atoms with van der Waals surface area (Å²) in [5.74, 6) is 0. The van der Waals surface area contributed by atoms with Crippen LogP contribution < -0.4 is 0 Å². The largest absolute Gasteiger partial charge is 0.0991 e. The van der Waals surface area contributed by atoms with Crippen molar-refractivity contribution < 1.29 is 0 Å². The van der Waals surface area contributed by atoms with E-state index in [-0.39, 0.29) is 0 Å². The summed E-state index contributed by atoms with van der Waals surface area (Å²) in [6, 6.07) is 17.1. The molecule has 0 amide bonds. The van der Waals surface area contributed by atoms with Crippen molar-refractivity contribution in [3.8, 4) is 11.1 Å². The molecule has 0 bridgehead atoms. The molecule has 0 N–H and O–H groups in total. The second-order valence-electron chi connectivity index (χ2n) is 5.96. The van der Waals surface area contributed by atoms with Crippen molar-refractivity contribution in [3.63, 3.8) is 0 Å². The highest BCUT2D eigenvalue weighted by Gasteiger charge is 2.46. The Kier molecular flexibility index (Phi) is 4.54. The minimum Gasteiger partial charge on any atom is -0.0991 e. The molecule has 0 saturated heterocycles. The second kappa shape index (κ2) is 6.78. The topological polar surface area (TPSA) is 0 Å². The maximum Gasteiger partial charge on any atom is 0.0713 e. The van der Waals surface area contributed by atoms with E-state index in [0.29, 0.717) is 0 Å². The van der Waals surface area contributed by atoms with Crippen LogP contribution in [0.1, 0.15) is 11.1 Å². The van der Waals surface area contributed by atoms with Crippen LogP contribution in [-0.2, 0) is 5.41 Å². The van der Waals surface area contributed by atoms with E-state index in [9.17, 15) is 0 Å². The lowest BCUT2D eigenvalue weighted by Crippen LogP contribution is -2.29. The minimum absolute atomic E-state index is 0.459. The van der Waals surface area contributed by atoms with Crippen LogP contribution in [0, 0.1) is 0 Å². The van der Waals surface area contributed by atoms with Crippen molar-refractivity contribution in [2.24, 2.45) is 0 Å². The summed E-state index contributed by atoms with van der Waals surface area (Å²) in [5.41, 5.74) is 6.65. The van der Waals surface area contributed by atoms with Gasteiger partial charge in [0.2, 0.25) is 0 Å². The summed E-state index contributed by atoms with van der Waals surface area (Å²) in [5, 5.41) is 0. The van der Waals surface area contributed by atoms with Gasteiger partial charge in [0.25, 0.3) is 0 Å². The summed E-state index contributed by atoms with van der Waals surface area (Å²) in [6.07, 6.45) is 11.5. The van der Waals surface area contributed by atoms with Crippen LogP contribution in [0.25, 0.3) is 11.1 Å². The van der Waals surface area contributed by atoms with E-state index < -0.39 is 5.41 Å². The van der Waals surface area contributed by atoms with E-state index in [1.807, 2.05) is 36.5 Å². The van der Waals surface area contributed by atoms with Crippen LogP contribution in [0.3, 0.4) is 0 Å². The molecule has 0 saturated carbocycles. The van der Waals surface area contributed by atoms with Gasteiger partial charge in [0.05, 0.1) is 5.41 Å². The molecule has 0 aromatic heterocycles. The van der Waals surface area contributed by atoms with E-state index in [0.717, 1.165) is 11.1 Å². The molecular weight excluding hydrogens is 300 g/mol. The van der Waals surface area contributed by atoms with E-state index >= 15 is 0 Å². The van der Waals surface area contributed by atoms with Gasteiger partial charge in [-0.05, 0) is 33.4 Å². The predicted octanol–water partition coefficient (Wildman–Crippen LogP) is 6.55. The molecule has 0 heteroatoms. The average Bonchev–Trinajstić information content (AvgIpc) is 2.96. The van der Waals surface area contributed by atoms with Crippen LogP contribution in [0.4, 0.5) is 0 Å². The zero-order chi connectivity index (χ0) is 17.9. The maximum absolute atomic E-state index is 4.09. The summed E-state index contributed by atoms with van der Waals surface area (Å²) < 4.78 is 0. The van der Waals surface area contributed by atoms with Crippen LogP contribution in [0.15, 0.2) is 122 Å². The van der Waals surface area contributed by atoms with Gasteiger partial charge in [0.15, 0.2) is 0 Å². The van der Waals surface area contributed by atoms with Crippen LogP contribution in [0.2, 0.25) is 0 Å². The Morgan fingerprint density at radius 3 is 1.40 bits per heavy atom. The quantitative estimate of drug-likeness (QED) is 0.529. The molecule has 3 rings (SSSR count). The van der Waals surface area contributed by atoms with Gasteiger partial charge in [0, 0.05) is 0 Å². The van der Waals surface area contributed by atoms with Gasteiger partial charge in [-0.15, -0.1) is 0 Å². The zero-order valence-corrected chi connectivity index (χ0v) is 14.4. The molecule has 2 aromatic rings. The van der Waals surface area contributed by atoms with E-state index in [4.69, 9.17) is 0 Å². The van der Waals surface area contributed by atoms with Gasteiger partial charge in [-0.25, -0.2) is 0 Å². The highest BCUT2D eigenvalue weighted by molar-refractivity contribution is 5.87. The fourth-order valence-corrected chi connectivity index (χ4v) is 3.97. The van der Waals surface area contributed by atoms with Gasteiger partial charge < -0.3 is 0 Å². The summed E-state index contributed by atoms with van der Waals surface area (Å²) >= 11 is 0. The normalized spacial score (nSPS) is 15.0. The Hall–Kier alpha value is -3.12. The third-order valence-electron chi connectivity index (χ3n) is 4.85. The maximum atomic E-state index is 4.09. The lowest BCUT2D eigenvalue weighted by molar-refractivity contribution is 0.766. The Labute approximate surface area is 150 Å². The first-order valence-corrected chi connectivity index (χ1v) is 8.36. The fourth-order valence-electron chi connectivity index (χ4n) is 3.97. The lowest BCUT2D eigenvalue weighted by atomic mass is 9.66. The molecular formula is C25H22. The number of hydrogen-bond acceptors (Lipinski definition) is 0. The first-order chi connectivity index (χ1) is 12.2. The molecule has 0 unspecified atom stereocenters. The molecule has 0 radical (unpaired) electrons. The molecule has 1 aliphatic rings. The number of benzene rings is 2. The average molecular weight is 322 g/mol. The number of hydrogen-bond donors (Lipinski definition) is 0. The second-order valence-corrected chi connectivity index (χ2v) is 5.96. The molecule has 25 heavy (non-hydrogen) atoms. The third kappa shape index (κ3) is 2.30. The van der Waals surface area contributed by atoms with Gasteiger partial charge in [-0.2, -0.15) is 0 Å². The SMILES string of the molecule is C=C/C=C(\C=C)C1(/C(C=C)=C/C=C)c2ccccc2-c2ccccc21. The van der Waals surface area contributed by atoms with Gasteiger partial charge in [0.1, 0.15) is 0 Å². The fraction of sp³-hybridized carbons (Fsp3) is 0.0400. The number of fused-ring (bicyclic) bond motifs is 3. The molecule has 2 aromatic carbocycles. The van der Waals surface area contributed by atoms with Crippen molar-refractivity contribution in [3.05, 3.63) is 134 Å². The molecule has 0 heterocycles. The van der Waals surface area contributed by atoms with E-state index in [1.54, 1.807) is 0 Å².